The molecule has 1 aliphatic heterocycles. The highest BCUT2D eigenvalue weighted by molar-refractivity contribution is 6.31. The van der Waals surface area contributed by atoms with Crippen LogP contribution in [-0.4, -0.2) is 38.9 Å². The Kier molecular flexibility index (Phi) is 8.91. The van der Waals surface area contributed by atoms with Crippen molar-refractivity contribution in [2.75, 3.05) is 5.32 Å². The molecule has 3 aromatic rings. The van der Waals surface area contributed by atoms with Crippen molar-refractivity contribution in [2.45, 2.75) is 76.8 Å². The average Bonchev–Trinajstić information content (AvgIpc) is 3.40. The van der Waals surface area contributed by atoms with Gasteiger partial charge in [0.05, 0.1) is 29.2 Å². The molecular formula is C30H33Cl2F2N5O3. The molecule has 8 nitrogen and oxygen atoms in total. The fourth-order valence-corrected chi connectivity index (χ4v) is 5.88. The smallest absolute Gasteiger partial charge is 0.414 e. The topological polar surface area (TPSA) is 112 Å². The molecule has 42 heavy (non-hydrogen) atoms. The van der Waals surface area contributed by atoms with Crippen LogP contribution in [-0.2, 0) is 16.7 Å². The Hall–Kier alpha value is -3.23. The zero-order chi connectivity index (χ0) is 31.0. The highest BCUT2D eigenvalue weighted by Gasteiger charge is 2.61. The minimum absolute atomic E-state index is 0.0163. The van der Waals surface area contributed by atoms with Crippen molar-refractivity contribution < 1.29 is 23.4 Å². The Labute approximate surface area is 253 Å². The molecule has 4 rings (SSSR count). The molecule has 2 aromatic carbocycles. The summed E-state index contributed by atoms with van der Waals surface area (Å²) in [5.74, 6) is -2.63. The lowest BCUT2D eigenvalue weighted by Gasteiger charge is -2.37. The SMILES string of the molecule is CC(C)(C)C[C@@H]1N[C@H](OC(=O)Nc2ccn(CC(C)(C)O)n2)[C@H](c2cccc(Cl)c2F)[C@@]1(C#N)c1ccc(Cl)cc1F. The summed E-state index contributed by atoms with van der Waals surface area (Å²) in [7, 11) is 0. The first-order valence-electron chi connectivity index (χ1n) is 13.3. The minimum Gasteiger partial charge on any atom is -0.429 e. The van der Waals surface area contributed by atoms with Crippen LogP contribution in [0.5, 0.6) is 0 Å². The second-order valence-electron chi connectivity index (χ2n) is 12.4. The minimum atomic E-state index is -1.74. The lowest BCUT2D eigenvalue weighted by Crippen LogP contribution is -2.44. The van der Waals surface area contributed by atoms with E-state index in [-0.39, 0.29) is 38.9 Å². The summed E-state index contributed by atoms with van der Waals surface area (Å²) in [5, 5.41) is 30.8. The Morgan fingerprint density at radius 3 is 2.55 bits per heavy atom. The molecule has 224 valence electrons. The number of amides is 1. The number of nitriles is 1. The number of aromatic nitrogens is 2. The number of hydrogen-bond donors (Lipinski definition) is 3. The molecule has 0 bridgehead atoms. The van der Waals surface area contributed by atoms with Crippen molar-refractivity contribution in [2.24, 2.45) is 5.41 Å². The molecule has 0 unspecified atom stereocenters. The van der Waals surface area contributed by atoms with Crippen LogP contribution < -0.4 is 10.6 Å². The molecule has 3 N–H and O–H groups in total. The Morgan fingerprint density at radius 1 is 1.21 bits per heavy atom. The molecular weight excluding hydrogens is 587 g/mol. The fraction of sp³-hybridized carbons (Fsp3) is 0.433. The Balaban J connectivity index is 1.80. The van der Waals surface area contributed by atoms with E-state index in [9.17, 15) is 15.2 Å². The molecule has 1 aromatic heterocycles. The zero-order valence-electron chi connectivity index (χ0n) is 23.9. The molecule has 2 heterocycles. The molecule has 1 fully saturated rings. The van der Waals surface area contributed by atoms with Gasteiger partial charge in [0.25, 0.3) is 0 Å². The second-order valence-corrected chi connectivity index (χ2v) is 13.2. The molecule has 0 saturated carbocycles. The number of aliphatic hydroxyl groups is 1. The van der Waals surface area contributed by atoms with Crippen molar-refractivity contribution in [3.63, 3.8) is 0 Å². The summed E-state index contributed by atoms with van der Waals surface area (Å²) in [6.45, 7) is 9.28. The summed E-state index contributed by atoms with van der Waals surface area (Å²) in [4.78, 5) is 13.2. The molecule has 12 heteroatoms. The first-order chi connectivity index (χ1) is 19.5. The maximum absolute atomic E-state index is 15.7. The number of nitrogens with zero attached hydrogens (tertiary/aromatic N) is 3. The number of benzene rings is 2. The van der Waals surface area contributed by atoms with E-state index < -0.39 is 46.9 Å². The number of nitrogens with one attached hydrogen (secondary N) is 2. The van der Waals surface area contributed by atoms with Gasteiger partial charge >= 0.3 is 6.09 Å². The van der Waals surface area contributed by atoms with Gasteiger partial charge in [-0.05, 0) is 49.4 Å². The number of ether oxygens (including phenoxy) is 1. The monoisotopic (exact) mass is 619 g/mol. The van der Waals surface area contributed by atoms with Crippen LogP contribution in [0.25, 0.3) is 0 Å². The van der Waals surface area contributed by atoms with E-state index in [2.05, 4.69) is 21.8 Å². The Morgan fingerprint density at radius 2 is 1.93 bits per heavy atom. The quantitative estimate of drug-likeness (QED) is 0.269. The highest BCUT2D eigenvalue weighted by atomic mass is 35.5. The number of hydrogen-bond acceptors (Lipinski definition) is 6. The van der Waals surface area contributed by atoms with Crippen LogP contribution in [0.3, 0.4) is 0 Å². The van der Waals surface area contributed by atoms with Crippen molar-refractivity contribution in [3.05, 3.63) is 81.5 Å². The third-order valence-corrected chi connectivity index (χ3v) is 7.58. The average molecular weight is 621 g/mol. The number of anilines is 1. The predicted octanol–water partition coefficient (Wildman–Crippen LogP) is 6.77. The normalized spacial score (nSPS) is 22.5. The second kappa shape index (κ2) is 11.8. The van der Waals surface area contributed by atoms with Gasteiger partial charge in [-0.3, -0.25) is 15.3 Å². The van der Waals surface area contributed by atoms with Crippen molar-refractivity contribution in [1.82, 2.24) is 15.1 Å². The molecule has 1 aliphatic rings. The summed E-state index contributed by atoms with van der Waals surface area (Å²) in [6.07, 6.45) is -0.300. The van der Waals surface area contributed by atoms with Gasteiger partial charge < -0.3 is 9.84 Å². The maximum Gasteiger partial charge on any atom is 0.414 e. The fourth-order valence-electron chi connectivity index (χ4n) is 5.53. The molecule has 0 aliphatic carbocycles. The van der Waals surface area contributed by atoms with E-state index in [4.69, 9.17) is 27.9 Å². The predicted molar refractivity (Wildman–Crippen MR) is 156 cm³/mol. The van der Waals surface area contributed by atoms with Crippen molar-refractivity contribution >= 4 is 35.1 Å². The molecule has 0 spiro atoms. The summed E-state index contributed by atoms with van der Waals surface area (Å²) in [6, 6.07) is 11.3. The molecule has 1 amide bonds. The summed E-state index contributed by atoms with van der Waals surface area (Å²) in [5.41, 5.74) is -3.19. The number of carbonyl (C=O) groups excluding carboxylic acids is 1. The van der Waals surface area contributed by atoms with Gasteiger partial charge in [0.2, 0.25) is 0 Å². The van der Waals surface area contributed by atoms with Crippen LogP contribution in [0.2, 0.25) is 10.0 Å². The number of rotatable bonds is 7. The van der Waals surface area contributed by atoms with Gasteiger partial charge in [-0.2, -0.15) is 10.4 Å². The van der Waals surface area contributed by atoms with Crippen molar-refractivity contribution in [3.8, 4) is 6.07 Å². The van der Waals surface area contributed by atoms with Crippen LogP contribution in [0, 0.1) is 28.4 Å². The van der Waals surface area contributed by atoms with E-state index >= 15 is 8.78 Å². The van der Waals surface area contributed by atoms with E-state index in [1.807, 2.05) is 20.8 Å². The van der Waals surface area contributed by atoms with Crippen molar-refractivity contribution in [1.29, 1.82) is 5.26 Å². The van der Waals surface area contributed by atoms with Crippen LogP contribution in [0.15, 0.2) is 48.7 Å². The third-order valence-electron chi connectivity index (χ3n) is 7.06. The first kappa shape index (κ1) is 31.7. The van der Waals surface area contributed by atoms with Gasteiger partial charge in [0.15, 0.2) is 12.0 Å². The summed E-state index contributed by atoms with van der Waals surface area (Å²) >= 11 is 12.2. The van der Waals surface area contributed by atoms with E-state index in [0.717, 1.165) is 6.07 Å². The van der Waals surface area contributed by atoms with Gasteiger partial charge in [0.1, 0.15) is 17.0 Å². The lowest BCUT2D eigenvalue weighted by atomic mass is 9.63. The van der Waals surface area contributed by atoms with E-state index in [0.29, 0.717) is 6.42 Å². The lowest BCUT2D eigenvalue weighted by molar-refractivity contribution is 0.0578. The van der Waals surface area contributed by atoms with Gasteiger partial charge in [-0.15, -0.1) is 0 Å². The first-order valence-corrected chi connectivity index (χ1v) is 14.1. The zero-order valence-corrected chi connectivity index (χ0v) is 25.4. The van der Waals surface area contributed by atoms with E-state index in [1.165, 1.54) is 41.1 Å². The van der Waals surface area contributed by atoms with Crippen LogP contribution in [0.1, 0.15) is 58.1 Å². The Bertz CT molecular complexity index is 1510. The molecule has 4 atom stereocenters. The molecule has 1 saturated heterocycles. The van der Waals surface area contributed by atoms with Crippen LogP contribution >= 0.6 is 23.2 Å². The third kappa shape index (κ3) is 6.70. The maximum atomic E-state index is 15.7. The highest BCUT2D eigenvalue weighted by Crippen LogP contribution is 2.53. The van der Waals surface area contributed by atoms with Gasteiger partial charge in [0, 0.05) is 28.9 Å². The largest absolute Gasteiger partial charge is 0.429 e. The molecule has 0 radical (unpaired) electrons. The number of carbonyl (C=O) groups is 1. The van der Waals surface area contributed by atoms with Gasteiger partial charge in [-0.25, -0.2) is 13.6 Å². The number of halogens is 4. The standard InChI is InChI=1S/C30H33Cl2F2N5O3/c1-28(2,3)14-22-30(15-35,19-10-9-17(31)13-21(19)33)24(18-7-6-8-20(32)25(18)34)26(36-22)42-27(40)37-23-11-12-39(38-23)16-29(4,5)41/h6-13,22,24,26,36,41H,14,16H2,1-5H3,(H,37,38,40)/t22-,24-,26+,30-/m0/s1. The summed E-state index contributed by atoms with van der Waals surface area (Å²) < 4.78 is 38.6. The van der Waals surface area contributed by atoms with E-state index in [1.54, 1.807) is 20.0 Å². The van der Waals surface area contributed by atoms with Gasteiger partial charge in [-0.1, -0.05) is 62.2 Å². The van der Waals surface area contributed by atoms with Crippen LogP contribution in [0.4, 0.5) is 19.4 Å².